The Morgan fingerprint density at radius 1 is 1.79 bits per heavy atom. The largest absolute Gasteiger partial charge is 0.396 e. The molecular formula is C9H13N3O2. The van der Waals surface area contributed by atoms with Crippen molar-refractivity contribution in [1.82, 2.24) is 15.1 Å². The number of rotatable bonds is 2. The van der Waals surface area contributed by atoms with Crippen LogP contribution in [0.1, 0.15) is 16.1 Å². The Labute approximate surface area is 81.7 Å². The van der Waals surface area contributed by atoms with Gasteiger partial charge < -0.3 is 10.0 Å². The summed E-state index contributed by atoms with van der Waals surface area (Å²) < 4.78 is 0. The second kappa shape index (κ2) is 3.42. The van der Waals surface area contributed by atoms with Gasteiger partial charge in [-0.05, 0) is 12.5 Å². The molecule has 0 radical (unpaired) electrons. The molecule has 2 N–H and O–H groups in total. The molecule has 0 atom stereocenters. The second-order valence-corrected chi connectivity index (χ2v) is 3.69. The maximum atomic E-state index is 11.7. The molecule has 0 bridgehead atoms. The fourth-order valence-corrected chi connectivity index (χ4v) is 1.57. The maximum absolute atomic E-state index is 11.7. The molecule has 0 aromatic carbocycles. The molecular weight excluding hydrogens is 182 g/mol. The lowest BCUT2D eigenvalue weighted by Gasteiger charge is -2.37. The molecule has 1 aliphatic heterocycles. The van der Waals surface area contributed by atoms with E-state index in [-0.39, 0.29) is 18.4 Å². The molecule has 0 unspecified atom stereocenters. The summed E-state index contributed by atoms with van der Waals surface area (Å²) in [7, 11) is 0. The third kappa shape index (κ3) is 1.39. The number of H-pyrrole nitrogens is 1. The summed E-state index contributed by atoms with van der Waals surface area (Å²) in [4.78, 5) is 13.5. The first-order valence-electron chi connectivity index (χ1n) is 4.62. The highest BCUT2D eigenvalue weighted by atomic mass is 16.3. The number of carbonyl (C=O) groups excluding carboxylic acids is 1. The van der Waals surface area contributed by atoms with E-state index in [0.29, 0.717) is 18.8 Å². The van der Waals surface area contributed by atoms with E-state index >= 15 is 0 Å². The number of aryl methyl sites for hydroxylation is 1. The molecule has 0 aliphatic carbocycles. The molecule has 2 rings (SSSR count). The molecule has 5 nitrogen and oxygen atoms in total. The van der Waals surface area contributed by atoms with Crippen LogP contribution < -0.4 is 0 Å². The zero-order valence-electron chi connectivity index (χ0n) is 8.03. The summed E-state index contributed by atoms with van der Waals surface area (Å²) in [5.41, 5.74) is 1.42. The summed E-state index contributed by atoms with van der Waals surface area (Å²) in [6, 6.07) is 0. The lowest BCUT2D eigenvalue weighted by molar-refractivity contribution is 0.0356. The normalized spacial score (nSPS) is 16.9. The number of aliphatic hydroxyl groups excluding tert-OH is 1. The minimum atomic E-state index is -0.0234. The zero-order valence-corrected chi connectivity index (χ0v) is 8.03. The minimum absolute atomic E-state index is 0.0234. The molecule has 5 heteroatoms. The number of nitrogens with zero attached hydrogens (tertiary/aromatic N) is 2. The van der Waals surface area contributed by atoms with Crippen LogP contribution in [0.5, 0.6) is 0 Å². The maximum Gasteiger partial charge on any atom is 0.272 e. The summed E-state index contributed by atoms with van der Waals surface area (Å²) >= 11 is 0. The summed E-state index contributed by atoms with van der Waals surface area (Å²) in [5.74, 6) is 0.229. The second-order valence-electron chi connectivity index (χ2n) is 3.69. The van der Waals surface area contributed by atoms with Crippen LogP contribution in [0, 0.1) is 12.8 Å². The van der Waals surface area contributed by atoms with Crippen LogP contribution in [0.2, 0.25) is 0 Å². The molecule has 1 saturated heterocycles. The monoisotopic (exact) mass is 195 g/mol. The number of aromatic amines is 1. The Kier molecular flexibility index (Phi) is 2.25. The number of aliphatic hydroxyl groups is 1. The van der Waals surface area contributed by atoms with E-state index in [1.165, 1.54) is 0 Å². The van der Waals surface area contributed by atoms with E-state index in [0.717, 1.165) is 5.56 Å². The van der Waals surface area contributed by atoms with E-state index in [2.05, 4.69) is 10.2 Å². The Balaban J connectivity index is 2.01. The average Bonchev–Trinajstić information content (AvgIpc) is 2.49. The van der Waals surface area contributed by atoms with Gasteiger partial charge in [-0.2, -0.15) is 5.10 Å². The van der Waals surface area contributed by atoms with Gasteiger partial charge in [-0.3, -0.25) is 9.89 Å². The van der Waals surface area contributed by atoms with Crippen molar-refractivity contribution in [3.8, 4) is 0 Å². The van der Waals surface area contributed by atoms with Crippen LogP contribution in [0.4, 0.5) is 0 Å². The number of aromatic nitrogens is 2. The molecule has 1 aromatic heterocycles. The van der Waals surface area contributed by atoms with Gasteiger partial charge in [0.15, 0.2) is 0 Å². The Morgan fingerprint density at radius 3 is 3.00 bits per heavy atom. The fourth-order valence-electron chi connectivity index (χ4n) is 1.57. The van der Waals surface area contributed by atoms with E-state index in [1.807, 2.05) is 6.92 Å². The highest BCUT2D eigenvalue weighted by Crippen LogP contribution is 2.18. The Hall–Kier alpha value is -1.36. The van der Waals surface area contributed by atoms with Gasteiger partial charge in [0.1, 0.15) is 5.69 Å². The van der Waals surface area contributed by atoms with E-state index in [9.17, 15) is 4.79 Å². The topological polar surface area (TPSA) is 69.2 Å². The molecule has 76 valence electrons. The van der Waals surface area contributed by atoms with E-state index in [4.69, 9.17) is 5.11 Å². The molecule has 1 aliphatic rings. The van der Waals surface area contributed by atoms with Gasteiger partial charge in [0.25, 0.3) is 5.91 Å². The molecule has 2 heterocycles. The van der Waals surface area contributed by atoms with Crippen LogP contribution in [0.25, 0.3) is 0 Å². The molecule has 0 saturated carbocycles. The van der Waals surface area contributed by atoms with Crippen LogP contribution in [-0.2, 0) is 0 Å². The van der Waals surface area contributed by atoms with Gasteiger partial charge in [0, 0.05) is 25.6 Å². The highest BCUT2D eigenvalue weighted by Gasteiger charge is 2.31. The van der Waals surface area contributed by atoms with Gasteiger partial charge in [-0.25, -0.2) is 0 Å². The van der Waals surface area contributed by atoms with Crippen molar-refractivity contribution in [3.05, 3.63) is 17.5 Å². The number of hydrogen-bond donors (Lipinski definition) is 2. The minimum Gasteiger partial charge on any atom is -0.396 e. The predicted molar refractivity (Wildman–Crippen MR) is 49.8 cm³/mol. The van der Waals surface area contributed by atoms with Crippen molar-refractivity contribution in [2.24, 2.45) is 5.92 Å². The van der Waals surface area contributed by atoms with Crippen molar-refractivity contribution in [2.45, 2.75) is 6.92 Å². The lowest BCUT2D eigenvalue weighted by Crippen LogP contribution is -2.51. The van der Waals surface area contributed by atoms with Crippen molar-refractivity contribution in [1.29, 1.82) is 0 Å². The third-order valence-electron chi connectivity index (χ3n) is 2.55. The van der Waals surface area contributed by atoms with Crippen LogP contribution in [0.3, 0.4) is 0 Å². The zero-order chi connectivity index (χ0) is 10.1. The number of nitrogens with one attached hydrogen (secondary N) is 1. The molecule has 1 amide bonds. The summed E-state index contributed by atoms with van der Waals surface area (Å²) in [5, 5.41) is 15.3. The van der Waals surface area contributed by atoms with Crippen molar-refractivity contribution in [3.63, 3.8) is 0 Å². The van der Waals surface area contributed by atoms with Crippen LogP contribution in [-0.4, -0.2) is 45.8 Å². The molecule has 1 aromatic rings. The number of amides is 1. The fraction of sp³-hybridized carbons (Fsp3) is 0.556. The van der Waals surface area contributed by atoms with Gasteiger partial charge >= 0.3 is 0 Å². The highest BCUT2D eigenvalue weighted by molar-refractivity contribution is 5.94. The van der Waals surface area contributed by atoms with E-state index in [1.54, 1.807) is 11.1 Å². The van der Waals surface area contributed by atoms with Gasteiger partial charge in [0.2, 0.25) is 0 Å². The standard InChI is InChI=1S/C9H13N3O2/c1-6-2-10-11-8(6)9(14)12-3-7(4-12)5-13/h2,7,13H,3-5H2,1H3,(H,10,11). The number of hydrogen-bond acceptors (Lipinski definition) is 3. The Morgan fingerprint density at radius 2 is 2.50 bits per heavy atom. The average molecular weight is 195 g/mol. The lowest BCUT2D eigenvalue weighted by atomic mass is 10.0. The third-order valence-corrected chi connectivity index (χ3v) is 2.55. The van der Waals surface area contributed by atoms with Crippen molar-refractivity contribution >= 4 is 5.91 Å². The van der Waals surface area contributed by atoms with Crippen LogP contribution in [0.15, 0.2) is 6.20 Å². The van der Waals surface area contributed by atoms with Crippen molar-refractivity contribution in [2.75, 3.05) is 19.7 Å². The van der Waals surface area contributed by atoms with Crippen LogP contribution >= 0.6 is 0 Å². The molecule has 14 heavy (non-hydrogen) atoms. The SMILES string of the molecule is Cc1cn[nH]c1C(=O)N1CC(CO)C1. The van der Waals surface area contributed by atoms with Crippen molar-refractivity contribution < 1.29 is 9.90 Å². The number of carbonyl (C=O) groups is 1. The summed E-state index contributed by atoms with van der Waals surface area (Å²) in [6.07, 6.45) is 1.64. The number of likely N-dealkylation sites (tertiary alicyclic amines) is 1. The van der Waals surface area contributed by atoms with Gasteiger partial charge in [-0.15, -0.1) is 0 Å². The predicted octanol–water partition coefficient (Wildman–Crippen LogP) is -0.218. The van der Waals surface area contributed by atoms with E-state index < -0.39 is 0 Å². The first-order chi connectivity index (χ1) is 6.72. The smallest absolute Gasteiger partial charge is 0.272 e. The first-order valence-corrected chi connectivity index (χ1v) is 4.62. The van der Waals surface area contributed by atoms with Gasteiger partial charge in [0.05, 0.1) is 6.20 Å². The first kappa shape index (κ1) is 9.21. The quantitative estimate of drug-likeness (QED) is 0.685. The molecule has 1 fully saturated rings. The Bertz CT molecular complexity index is 342. The molecule has 0 spiro atoms. The van der Waals surface area contributed by atoms with Gasteiger partial charge in [-0.1, -0.05) is 0 Å². The summed E-state index contributed by atoms with van der Waals surface area (Å²) in [6.45, 7) is 3.30.